The molecule has 6 heteroatoms. The van der Waals surface area contributed by atoms with Gasteiger partial charge in [0.15, 0.2) is 0 Å². The highest BCUT2D eigenvalue weighted by Crippen LogP contribution is 2.14. The molecule has 0 bridgehead atoms. The van der Waals surface area contributed by atoms with Crippen LogP contribution in [-0.4, -0.2) is 42.0 Å². The molecule has 1 aromatic heterocycles. The lowest BCUT2D eigenvalue weighted by Crippen LogP contribution is -2.44. The maximum Gasteiger partial charge on any atom is 0.226 e. The lowest BCUT2D eigenvalue weighted by atomic mass is 10.0. The molecule has 1 aromatic rings. The molecule has 0 saturated carbocycles. The van der Waals surface area contributed by atoms with Crippen LogP contribution in [0.1, 0.15) is 30.0 Å². The van der Waals surface area contributed by atoms with Gasteiger partial charge in [0.1, 0.15) is 5.01 Å². The Balaban J connectivity index is 1.74. The van der Waals surface area contributed by atoms with E-state index in [1.807, 2.05) is 5.38 Å². The Morgan fingerprint density at radius 2 is 2.47 bits per heavy atom. The Morgan fingerprint density at radius 1 is 1.63 bits per heavy atom. The molecule has 0 spiro atoms. The summed E-state index contributed by atoms with van der Waals surface area (Å²) in [6.07, 6.45) is 4.06. The second-order valence-electron chi connectivity index (χ2n) is 4.98. The van der Waals surface area contributed by atoms with Gasteiger partial charge >= 0.3 is 0 Å². The summed E-state index contributed by atoms with van der Waals surface area (Å²) < 4.78 is 0. The Bertz CT molecular complexity index is 424. The molecule has 1 atom stereocenters. The van der Waals surface area contributed by atoms with Gasteiger partial charge in [0.25, 0.3) is 0 Å². The lowest BCUT2D eigenvalue weighted by molar-refractivity contribution is -0.120. The number of halogens is 1. The molecule has 1 unspecified atom stereocenters. The van der Waals surface area contributed by atoms with E-state index in [4.69, 9.17) is 11.6 Å². The number of amides is 1. The molecule has 1 amide bonds. The fourth-order valence-corrected chi connectivity index (χ4v) is 3.35. The molecule has 0 aliphatic carbocycles. The van der Waals surface area contributed by atoms with Crippen molar-refractivity contribution < 1.29 is 4.79 Å². The third kappa shape index (κ3) is 4.44. The van der Waals surface area contributed by atoms with Gasteiger partial charge in [0, 0.05) is 18.0 Å². The zero-order valence-electron chi connectivity index (χ0n) is 11.2. The number of likely N-dealkylation sites (N-methyl/N-ethyl adjacent to an activating group) is 1. The van der Waals surface area contributed by atoms with Crippen molar-refractivity contribution in [1.29, 1.82) is 0 Å². The number of carbonyl (C=O) groups is 1. The van der Waals surface area contributed by atoms with E-state index in [0.717, 1.165) is 23.8 Å². The van der Waals surface area contributed by atoms with Gasteiger partial charge in [-0.3, -0.25) is 4.79 Å². The molecule has 1 aliphatic rings. The van der Waals surface area contributed by atoms with Crippen LogP contribution in [0.2, 0.25) is 0 Å². The van der Waals surface area contributed by atoms with Crippen LogP contribution < -0.4 is 5.32 Å². The zero-order chi connectivity index (χ0) is 13.7. The number of hydrogen-bond acceptors (Lipinski definition) is 4. The third-order valence-electron chi connectivity index (χ3n) is 3.50. The molecule has 1 saturated heterocycles. The van der Waals surface area contributed by atoms with E-state index < -0.39 is 0 Å². The summed E-state index contributed by atoms with van der Waals surface area (Å²) in [5, 5.41) is 5.76. The van der Waals surface area contributed by atoms with Crippen molar-refractivity contribution in [3.63, 3.8) is 0 Å². The fourth-order valence-electron chi connectivity index (χ4n) is 2.33. The standard InChI is InChI=1S/C13H20ClN3OS/c1-17-5-3-2-4-11(17)8-15-12(18)6-13-16-10(7-14)9-19-13/h9,11H,2-8H2,1H3,(H,15,18). The Morgan fingerprint density at radius 3 is 3.16 bits per heavy atom. The van der Waals surface area contributed by atoms with Gasteiger partial charge < -0.3 is 10.2 Å². The first-order chi connectivity index (χ1) is 9.19. The summed E-state index contributed by atoms with van der Waals surface area (Å²) in [6, 6.07) is 0.479. The minimum atomic E-state index is 0.0504. The first-order valence-electron chi connectivity index (χ1n) is 6.65. The number of aromatic nitrogens is 1. The van der Waals surface area contributed by atoms with Crippen LogP contribution in [0, 0.1) is 0 Å². The number of thiazole rings is 1. The average molecular weight is 302 g/mol. The normalized spacial score (nSPS) is 20.4. The van der Waals surface area contributed by atoms with E-state index >= 15 is 0 Å². The molecular formula is C13H20ClN3OS. The topological polar surface area (TPSA) is 45.2 Å². The number of carbonyl (C=O) groups excluding carboxylic acids is 1. The summed E-state index contributed by atoms with van der Waals surface area (Å²) in [7, 11) is 2.13. The van der Waals surface area contributed by atoms with Crippen LogP contribution in [0.4, 0.5) is 0 Å². The molecular weight excluding hydrogens is 282 g/mol. The van der Waals surface area contributed by atoms with Crippen molar-refractivity contribution in [2.45, 2.75) is 37.6 Å². The van der Waals surface area contributed by atoms with Crippen LogP contribution >= 0.6 is 22.9 Å². The van der Waals surface area contributed by atoms with Crippen LogP contribution in [0.15, 0.2) is 5.38 Å². The molecule has 19 heavy (non-hydrogen) atoms. The minimum Gasteiger partial charge on any atom is -0.354 e. The first kappa shape index (κ1) is 14.8. The highest BCUT2D eigenvalue weighted by Gasteiger charge is 2.19. The maximum atomic E-state index is 11.9. The van der Waals surface area contributed by atoms with Gasteiger partial charge in [-0.1, -0.05) is 6.42 Å². The fraction of sp³-hybridized carbons (Fsp3) is 0.692. The van der Waals surface area contributed by atoms with Gasteiger partial charge in [-0.25, -0.2) is 4.98 Å². The second-order valence-corrected chi connectivity index (χ2v) is 6.19. The van der Waals surface area contributed by atoms with Gasteiger partial charge in [0.05, 0.1) is 18.0 Å². The van der Waals surface area contributed by atoms with Crippen molar-refractivity contribution in [2.75, 3.05) is 20.1 Å². The van der Waals surface area contributed by atoms with Crippen molar-refractivity contribution in [3.8, 4) is 0 Å². The van der Waals surface area contributed by atoms with Gasteiger partial charge in [-0.15, -0.1) is 22.9 Å². The minimum absolute atomic E-state index is 0.0504. The molecule has 0 radical (unpaired) electrons. The number of alkyl halides is 1. The van der Waals surface area contributed by atoms with Crippen LogP contribution in [-0.2, 0) is 17.1 Å². The average Bonchev–Trinajstić information content (AvgIpc) is 2.85. The predicted octanol–water partition coefficient (Wildman–Crippen LogP) is 2.02. The van der Waals surface area contributed by atoms with Crippen molar-refractivity contribution in [1.82, 2.24) is 15.2 Å². The molecule has 106 valence electrons. The van der Waals surface area contributed by atoms with Crippen molar-refractivity contribution in [2.24, 2.45) is 0 Å². The summed E-state index contributed by atoms with van der Waals surface area (Å²) in [5.74, 6) is 0.458. The molecule has 2 heterocycles. The largest absolute Gasteiger partial charge is 0.354 e. The quantitative estimate of drug-likeness (QED) is 0.847. The SMILES string of the molecule is CN1CCCCC1CNC(=O)Cc1nc(CCl)cs1. The zero-order valence-corrected chi connectivity index (χ0v) is 12.8. The van der Waals surface area contributed by atoms with E-state index in [0.29, 0.717) is 18.3 Å². The number of likely N-dealkylation sites (tertiary alicyclic amines) is 1. The molecule has 1 N–H and O–H groups in total. The van der Waals surface area contributed by atoms with Crippen LogP contribution in [0.5, 0.6) is 0 Å². The Labute approximate surface area is 123 Å². The van der Waals surface area contributed by atoms with Crippen LogP contribution in [0.3, 0.4) is 0 Å². The maximum absolute atomic E-state index is 11.9. The highest BCUT2D eigenvalue weighted by atomic mass is 35.5. The molecule has 1 aliphatic heterocycles. The van der Waals surface area contributed by atoms with Gasteiger partial charge in [-0.2, -0.15) is 0 Å². The molecule has 0 aromatic carbocycles. The monoisotopic (exact) mass is 301 g/mol. The lowest BCUT2D eigenvalue weighted by Gasteiger charge is -2.32. The Hall–Kier alpha value is -0.650. The number of hydrogen-bond donors (Lipinski definition) is 1. The van der Waals surface area contributed by atoms with Gasteiger partial charge in [-0.05, 0) is 26.4 Å². The van der Waals surface area contributed by atoms with Gasteiger partial charge in [0.2, 0.25) is 5.91 Å². The summed E-state index contributed by atoms with van der Waals surface area (Å²) >= 11 is 7.19. The third-order valence-corrected chi connectivity index (χ3v) is 4.68. The van der Waals surface area contributed by atoms with Crippen molar-refractivity contribution in [3.05, 3.63) is 16.1 Å². The van der Waals surface area contributed by atoms with E-state index in [1.165, 1.54) is 30.6 Å². The Kier molecular flexibility index (Phi) is 5.60. The number of rotatable bonds is 5. The second kappa shape index (κ2) is 7.22. The molecule has 2 rings (SSSR count). The summed E-state index contributed by atoms with van der Waals surface area (Å²) in [5.41, 5.74) is 0.849. The molecule has 4 nitrogen and oxygen atoms in total. The smallest absolute Gasteiger partial charge is 0.226 e. The highest BCUT2D eigenvalue weighted by molar-refractivity contribution is 7.09. The summed E-state index contributed by atoms with van der Waals surface area (Å²) in [6.45, 7) is 1.87. The van der Waals surface area contributed by atoms with Crippen molar-refractivity contribution >= 4 is 28.8 Å². The van der Waals surface area contributed by atoms with E-state index in [9.17, 15) is 4.79 Å². The number of piperidine rings is 1. The molecule has 1 fully saturated rings. The number of nitrogens with zero attached hydrogens (tertiary/aromatic N) is 2. The van der Waals surface area contributed by atoms with E-state index in [2.05, 4.69) is 22.2 Å². The van der Waals surface area contributed by atoms with Crippen LogP contribution in [0.25, 0.3) is 0 Å². The van der Waals surface area contributed by atoms with E-state index in [-0.39, 0.29) is 5.91 Å². The number of nitrogens with one attached hydrogen (secondary N) is 1. The predicted molar refractivity (Wildman–Crippen MR) is 78.7 cm³/mol. The first-order valence-corrected chi connectivity index (χ1v) is 8.06. The van der Waals surface area contributed by atoms with E-state index in [1.54, 1.807) is 0 Å². The summed E-state index contributed by atoms with van der Waals surface area (Å²) in [4.78, 5) is 18.5.